The van der Waals surface area contributed by atoms with E-state index in [0.29, 0.717) is 5.92 Å². The first kappa shape index (κ1) is 11.0. The average Bonchev–Trinajstić information content (AvgIpc) is 2.85. The second kappa shape index (κ2) is 4.60. The Morgan fingerprint density at radius 2 is 2.38 bits per heavy atom. The molecular weight excluding hydrogens is 242 g/mol. The fourth-order valence-electron chi connectivity index (χ4n) is 2.90. The van der Waals surface area contributed by atoms with Crippen LogP contribution < -0.4 is 0 Å². The Hall–Kier alpha value is -0.170. The van der Waals surface area contributed by atoms with Crippen molar-refractivity contribution in [3.05, 3.63) is 5.69 Å². The predicted octanol–water partition coefficient (Wildman–Crippen LogP) is 1.39. The fraction of sp³-hybridized carbons (Fsp3) is 0.800. The van der Waals surface area contributed by atoms with Crippen LogP contribution in [0.4, 0.5) is 0 Å². The first-order valence-electron chi connectivity index (χ1n) is 5.67. The first-order chi connectivity index (χ1) is 7.88. The number of nitrogens with zero attached hydrogens (tertiary/aromatic N) is 3. The fourth-order valence-corrected chi connectivity index (χ4v) is 4.25. The van der Waals surface area contributed by atoms with E-state index in [4.69, 9.17) is 5.11 Å². The largest absolute Gasteiger partial charge is 0.385 e. The molecular formula is C10H15N3OS2. The molecule has 3 unspecified atom stereocenters. The second-order valence-corrected chi connectivity index (χ2v) is 5.96. The van der Waals surface area contributed by atoms with Crippen molar-refractivity contribution in [2.45, 2.75) is 23.8 Å². The maximum Gasteiger partial charge on any atom is 0.136 e. The number of aromatic nitrogens is 2. The Labute approximate surface area is 103 Å². The molecule has 2 fully saturated rings. The third-order valence-electron chi connectivity index (χ3n) is 3.60. The van der Waals surface area contributed by atoms with Gasteiger partial charge in [0.05, 0.1) is 23.4 Å². The quantitative estimate of drug-likeness (QED) is 0.655. The molecule has 1 aromatic heterocycles. The summed E-state index contributed by atoms with van der Waals surface area (Å²) in [5.41, 5.74) is 1.14. The van der Waals surface area contributed by atoms with Crippen LogP contribution in [-0.4, -0.2) is 44.3 Å². The SMILES string of the molecule is OCSc1nsnc1C1CN2CCCC1C2. The zero-order chi connectivity index (χ0) is 11.0. The van der Waals surface area contributed by atoms with Gasteiger partial charge in [-0.05, 0) is 25.3 Å². The van der Waals surface area contributed by atoms with Gasteiger partial charge < -0.3 is 10.0 Å². The van der Waals surface area contributed by atoms with E-state index in [0.717, 1.165) is 23.2 Å². The molecule has 0 radical (unpaired) electrons. The van der Waals surface area contributed by atoms with Crippen molar-refractivity contribution in [1.82, 2.24) is 13.6 Å². The van der Waals surface area contributed by atoms with Crippen LogP contribution in [-0.2, 0) is 0 Å². The number of rotatable bonds is 3. The minimum Gasteiger partial charge on any atom is -0.385 e. The standard InChI is InChI=1S/C10H15N3OS2/c14-6-15-10-9(11-16-12-10)8-5-13-3-1-2-7(8)4-13/h7-8,14H,1-6H2. The minimum atomic E-state index is 0.0967. The Morgan fingerprint density at radius 1 is 1.44 bits per heavy atom. The second-order valence-electron chi connectivity index (χ2n) is 4.50. The molecule has 2 aliphatic rings. The van der Waals surface area contributed by atoms with Crippen LogP contribution in [0.2, 0.25) is 0 Å². The van der Waals surface area contributed by atoms with Crippen molar-refractivity contribution in [2.24, 2.45) is 5.92 Å². The van der Waals surface area contributed by atoms with Crippen LogP contribution in [0.25, 0.3) is 0 Å². The third-order valence-corrected chi connectivity index (χ3v) is 4.96. The van der Waals surface area contributed by atoms with Crippen LogP contribution in [0.5, 0.6) is 0 Å². The smallest absolute Gasteiger partial charge is 0.136 e. The summed E-state index contributed by atoms with van der Waals surface area (Å²) < 4.78 is 8.73. The number of aliphatic hydroxyl groups is 1. The summed E-state index contributed by atoms with van der Waals surface area (Å²) in [5, 5.41) is 9.93. The molecule has 6 heteroatoms. The van der Waals surface area contributed by atoms with Crippen LogP contribution in [0, 0.1) is 5.92 Å². The zero-order valence-electron chi connectivity index (χ0n) is 9.00. The maximum atomic E-state index is 8.98. The van der Waals surface area contributed by atoms with Crippen molar-refractivity contribution >= 4 is 23.5 Å². The normalized spacial score (nSPS) is 33.2. The molecule has 1 N–H and O–H groups in total. The number of aliphatic hydroxyl groups excluding tert-OH is 1. The molecule has 4 nitrogen and oxygen atoms in total. The van der Waals surface area contributed by atoms with Gasteiger partial charge in [-0.2, -0.15) is 8.75 Å². The highest BCUT2D eigenvalue weighted by atomic mass is 32.2. The van der Waals surface area contributed by atoms with E-state index in [9.17, 15) is 0 Å². The highest BCUT2D eigenvalue weighted by Gasteiger charge is 2.38. The van der Waals surface area contributed by atoms with Gasteiger partial charge in [0, 0.05) is 19.0 Å². The third kappa shape index (κ3) is 1.88. The van der Waals surface area contributed by atoms with E-state index >= 15 is 0 Å². The molecule has 1 aromatic rings. The molecule has 0 amide bonds. The number of thioether (sulfide) groups is 1. The number of hydrogen-bond donors (Lipinski definition) is 1. The summed E-state index contributed by atoms with van der Waals surface area (Å²) in [7, 11) is 0. The summed E-state index contributed by atoms with van der Waals surface area (Å²) in [6.07, 6.45) is 2.64. The van der Waals surface area contributed by atoms with E-state index in [1.54, 1.807) is 0 Å². The lowest BCUT2D eigenvalue weighted by atomic mass is 9.89. The summed E-state index contributed by atoms with van der Waals surface area (Å²) in [6.45, 7) is 3.60. The summed E-state index contributed by atoms with van der Waals surface area (Å²) in [6, 6.07) is 0. The lowest BCUT2D eigenvalue weighted by Gasteiger charge is -2.21. The molecule has 0 aliphatic carbocycles. The van der Waals surface area contributed by atoms with Crippen LogP contribution in [0.3, 0.4) is 0 Å². The molecule has 2 saturated heterocycles. The Kier molecular flexibility index (Phi) is 3.15. The predicted molar refractivity (Wildman–Crippen MR) is 64.8 cm³/mol. The lowest BCUT2D eigenvalue weighted by molar-refractivity contribution is 0.269. The topological polar surface area (TPSA) is 49.3 Å². The van der Waals surface area contributed by atoms with Gasteiger partial charge >= 0.3 is 0 Å². The molecule has 2 bridgehead atoms. The summed E-state index contributed by atoms with van der Waals surface area (Å²) >= 11 is 2.68. The van der Waals surface area contributed by atoms with Gasteiger partial charge in [0.15, 0.2) is 0 Å². The molecule has 88 valence electrons. The van der Waals surface area contributed by atoms with Crippen molar-refractivity contribution in [3.63, 3.8) is 0 Å². The van der Waals surface area contributed by atoms with Gasteiger partial charge in [-0.15, -0.1) is 0 Å². The number of hydrogen-bond acceptors (Lipinski definition) is 6. The molecule has 2 aliphatic heterocycles. The Morgan fingerprint density at radius 3 is 3.19 bits per heavy atom. The van der Waals surface area contributed by atoms with E-state index in [1.165, 1.54) is 49.4 Å². The molecule has 3 atom stereocenters. The maximum absolute atomic E-state index is 8.98. The molecule has 3 heterocycles. The Balaban J connectivity index is 1.83. The van der Waals surface area contributed by atoms with Crippen molar-refractivity contribution in [1.29, 1.82) is 0 Å². The van der Waals surface area contributed by atoms with Gasteiger partial charge in [0.2, 0.25) is 0 Å². The van der Waals surface area contributed by atoms with Crippen LogP contribution in [0.15, 0.2) is 5.03 Å². The Bertz CT molecular complexity index is 371. The van der Waals surface area contributed by atoms with Crippen LogP contribution >= 0.6 is 23.5 Å². The monoisotopic (exact) mass is 257 g/mol. The van der Waals surface area contributed by atoms with E-state index in [-0.39, 0.29) is 5.94 Å². The van der Waals surface area contributed by atoms with Gasteiger partial charge in [0.25, 0.3) is 0 Å². The van der Waals surface area contributed by atoms with Crippen molar-refractivity contribution < 1.29 is 5.11 Å². The zero-order valence-corrected chi connectivity index (χ0v) is 10.6. The van der Waals surface area contributed by atoms with Gasteiger partial charge in [0.1, 0.15) is 5.03 Å². The summed E-state index contributed by atoms with van der Waals surface area (Å²) in [5.74, 6) is 1.41. The molecule has 0 spiro atoms. The first-order valence-corrected chi connectivity index (χ1v) is 7.38. The van der Waals surface area contributed by atoms with Crippen LogP contribution in [0.1, 0.15) is 24.5 Å². The lowest BCUT2D eigenvalue weighted by Crippen LogP contribution is -2.25. The summed E-state index contributed by atoms with van der Waals surface area (Å²) in [4.78, 5) is 2.53. The average molecular weight is 257 g/mol. The van der Waals surface area contributed by atoms with E-state index in [2.05, 4.69) is 13.6 Å². The number of piperidine rings is 1. The molecule has 3 rings (SSSR count). The van der Waals surface area contributed by atoms with Gasteiger partial charge in [-0.3, -0.25) is 0 Å². The highest BCUT2D eigenvalue weighted by Crippen LogP contribution is 2.40. The van der Waals surface area contributed by atoms with Crippen molar-refractivity contribution in [3.8, 4) is 0 Å². The van der Waals surface area contributed by atoms with E-state index < -0.39 is 0 Å². The molecule has 16 heavy (non-hydrogen) atoms. The minimum absolute atomic E-state index is 0.0967. The van der Waals surface area contributed by atoms with Gasteiger partial charge in [-0.25, -0.2) is 0 Å². The number of fused-ring (bicyclic) bond motifs is 2. The highest BCUT2D eigenvalue weighted by molar-refractivity contribution is 7.99. The van der Waals surface area contributed by atoms with E-state index in [1.807, 2.05) is 0 Å². The van der Waals surface area contributed by atoms with Gasteiger partial charge in [-0.1, -0.05) is 11.8 Å². The molecule has 0 saturated carbocycles. The molecule has 0 aromatic carbocycles. The van der Waals surface area contributed by atoms with Crippen molar-refractivity contribution in [2.75, 3.05) is 25.6 Å².